The summed E-state index contributed by atoms with van der Waals surface area (Å²) >= 11 is 0. The topological polar surface area (TPSA) is 238 Å². The number of azide groups is 2. The summed E-state index contributed by atoms with van der Waals surface area (Å²) in [6.07, 6.45) is -11.8. The third-order valence-corrected chi connectivity index (χ3v) is 20.2. The summed E-state index contributed by atoms with van der Waals surface area (Å²) in [6, 6.07) is 63.8. The zero-order valence-electron chi connectivity index (χ0n) is 47.8. The molecule has 0 saturated carbocycles. The van der Waals surface area contributed by atoms with Crippen LogP contribution >= 0.6 is 0 Å². The summed E-state index contributed by atoms with van der Waals surface area (Å²) in [4.78, 5) is 22.0. The quantitative estimate of drug-likeness (QED) is 0.0161. The predicted octanol–water partition coefficient (Wildman–Crippen LogP) is 10.6. The molecular formula is C66H72N6O12Si. The Balaban J connectivity index is 1.15. The van der Waals surface area contributed by atoms with Gasteiger partial charge < -0.3 is 52.5 Å². The largest absolute Gasteiger partial charge is 0.457 e. The number of nitrogens with zero attached hydrogens (tertiary/aromatic N) is 6. The van der Waals surface area contributed by atoms with Gasteiger partial charge in [0.1, 0.15) is 43.2 Å². The molecule has 7 aromatic carbocycles. The van der Waals surface area contributed by atoms with Crippen molar-refractivity contribution >= 4 is 24.7 Å². The molecule has 0 spiro atoms. The molecule has 9 rings (SSSR count). The van der Waals surface area contributed by atoms with Crippen LogP contribution in [0.2, 0.25) is 5.04 Å². The van der Waals surface area contributed by atoms with Crippen molar-refractivity contribution in [2.24, 2.45) is 10.2 Å². The van der Waals surface area contributed by atoms with Crippen LogP contribution < -0.4 is 10.4 Å². The molecule has 7 aromatic rings. The molecule has 442 valence electrons. The van der Waals surface area contributed by atoms with Crippen molar-refractivity contribution in [3.63, 3.8) is 0 Å². The average Bonchev–Trinajstić information content (AvgIpc) is 1.42. The lowest BCUT2D eigenvalue weighted by molar-refractivity contribution is -0.333. The van der Waals surface area contributed by atoms with E-state index in [0.717, 1.165) is 32.6 Å². The highest BCUT2D eigenvalue weighted by Crippen LogP contribution is 2.42. The molecule has 2 aliphatic heterocycles. The molecule has 2 saturated heterocycles. The van der Waals surface area contributed by atoms with Crippen LogP contribution in [0.15, 0.2) is 223 Å². The van der Waals surface area contributed by atoms with Gasteiger partial charge in [-0.2, -0.15) is 0 Å². The molecule has 0 aromatic heterocycles. The predicted molar refractivity (Wildman–Crippen MR) is 321 cm³/mol. The zero-order valence-corrected chi connectivity index (χ0v) is 48.8. The Bertz CT molecular complexity index is 3200. The van der Waals surface area contributed by atoms with Crippen molar-refractivity contribution in [3.05, 3.63) is 261 Å². The summed E-state index contributed by atoms with van der Waals surface area (Å²) in [5.41, 5.74) is 24.5. The summed E-state index contributed by atoms with van der Waals surface area (Å²) < 4.78 is 61.6. The lowest BCUT2D eigenvalue weighted by atomic mass is 9.88. The number of aliphatic hydroxyl groups excluding tert-OH is 2. The molecular weight excluding hydrogens is 1100 g/mol. The van der Waals surface area contributed by atoms with E-state index in [1.54, 1.807) is 12.1 Å². The van der Waals surface area contributed by atoms with E-state index in [9.17, 15) is 21.3 Å². The Labute approximate surface area is 496 Å². The molecule has 2 N–H and O–H groups in total. The normalized spacial score (nSPS) is 23.1. The highest BCUT2D eigenvalue weighted by atomic mass is 28.4. The van der Waals surface area contributed by atoms with Gasteiger partial charge in [0.15, 0.2) is 6.29 Å². The fraction of sp³-hybridized carbons (Fsp3) is 0.348. The van der Waals surface area contributed by atoms with Gasteiger partial charge in [-0.05, 0) is 54.3 Å². The third kappa shape index (κ3) is 15.7. The Morgan fingerprint density at radius 3 is 1.55 bits per heavy atom. The monoisotopic (exact) mass is 1170 g/mol. The summed E-state index contributed by atoms with van der Waals surface area (Å²) in [5, 5.41) is 33.8. The molecule has 19 heteroatoms. The molecule has 85 heavy (non-hydrogen) atoms. The van der Waals surface area contributed by atoms with Gasteiger partial charge in [0.2, 0.25) is 0 Å². The van der Waals surface area contributed by atoms with E-state index in [0.29, 0.717) is 5.56 Å². The van der Waals surface area contributed by atoms with Crippen LogP contribution in [0.1, 0.15) is 55.0 Å². The molecule has 2 aliphatic rings. The maximum atomic E-state index is 15.6. The lowest BCUT2D eigenvalue weighted by Gasteiger charge is -2.50. The molecule has 18 nitrogen and oxygen atoms in total. The number of ether oxygens (including phenoxy) is 8. The minimum absolute atomic E-state index is 0.000844. The third-order valence-electron chi connectivity index (χ3n) is 15.2. The van der Waals surface area contributed by atoms with E-state index in [-0.39, 0.29) is 39.6 Å². The van der Waals surface area contributed by atoms with Crippen LogP contribution in [0.5, 0.6) is 0 Å². The second-order valence-corrected chi connectivity index (χ2v) is 26.3. The van der Waals surface area contributed by atoms with Crippen LogP contribution in [0, 0.1) is 0 Å². The van der Waals surface area contributed by atoms with Crippen LogP contribution in [0.25, 0.3) is 20.9 Å². The summed E-state index contributed by atoms with van der Waals surface area (Å²) in [5.74, 6) is -3.48. The maximum absolute atomic E-state index is 15.6. The second-order valence-electron chi connectivity index (χ2n) is 22.0. The van der Waals surface area contributed by atoms with Gasteiger partial charge in [-0.15, -0.1) is 0 Å². The van der Waals surface area contributed by atoms with E-state index < -0.39 is 99.2 Å². The zero-order chi connectivity index (χ0) is 59.5. The van der Waals surface area contributed by atoms with Gasteiger partial charge >= 0.3 is 5.97 Å². The van der Waals surface area contributed by atoms with Gasteiger partial charge in [-0.3, -0.25) is 0 Å². The first kappa shape index (κ1) is 62.0. The van der Waals surface area contributed by atoms with Crippen molar-refractivity contribution < 1.29 is 57.3 Å². The number of aliphatic hydroxyl groups is 2. The van der Waals surface area contributed by atoms with Crippen LogP contribution in [0.4, 0.5) is 0 Å². The molecule has 0 radical (unpaired) electrons. The standard InChI is InChI=1S/C66H72N6O12Si/c1-65(2,3)85(52-35-21-9-22-36-52,53-37-23-10-24-38-53)84-63-58(70-72-68)60(74)59(73)55(82-63)46-81-66(64(75)80-44-51-33-19-8-20-34-51)39-54(77-41-48-27-13-5-14-28-48)57(69-71-67)62(83-66)61(79-43-50-31-17-7-18-32-50)56(78-42-49-29-15-6-16-30-49)45-76-40-47-25-11-4-12-26-47/h4-38,54-63,73-74H,39-46H2,1-3H3/t54-,55+,56+,57+,58+,59-,60+,61+,62+,63-,66+/m0/s1. The first-order valence-corrected chi connectivity index (χ1v) is 30.3. The Kier molecular flexibility index (Phi) is 21.9. The van der Waals surface area contributed by atoms with E-state index >= 15 is 4.79 Å². The SMILES string of the molecule is CC(C)(C)[Si](O[C@@H]1O[C@H](CO[C@]2(C(=O)OCc3ccccc3)C[C@H](OCc3ccccc3)[C@@H](N=[N+]=[N-])[C@H]([C@H](OCc3ccccc3)[C@@H](COCc3ccccc3)OCc3ccccc3)O2)[C@H](O)[C@H](O)[C@H]1N=[N+]=[N-])(c1ccccc1)c1ccccc1. The molecule has 11 atom stereocenters. The molecule has 2 heterocycles. The number of rotatable bonds is 27. The number of carbonyl (C=O) groups is 1. The highest BCUT2D eigenvalue weighted by Gasteiger charge is 2.60. The minimum Gasteiger partial charge on any atom is -0.457 e. The average molecular weight is 1170 g/mol. The van der Waals surface area contributed by atoms with Gasteiger partial charge in [-0.1, -0.05) is 243 Å². The van der Waals surface area contributed by atoms with Gasteiger partial charge in [0, 0.05) is 16.2 Å². The number of hydrogen-bond acceptors (Lipinski definition) is 14. The first-order valence-electron chi connectivity index (χ1n) is 28.4. The highest BCUT2D eigenvalue weighted by molar-refractivity contribution is 6.99. The number of esters is 1. The molecule has 0 unspecified atom stereocenters. The first-order chi connectivity index (χ1) is 41.4. The smallest absolute Gasteiger partial charge is 0.367 e. The van der Waals surface area contributed by atoms with E-state index in [1.807, 2.05) is 200 Å². The molecule has 0 amide bonds. The van der Waals surface area contributed by atoms with Crippen molar-refractivity contribution in [1.29, 1.82) is 0 Å². The van der Waals surface area contributed by atoms with Crippen molar-refractivity contribution in [2.45, 2.75) is 132 Å². The van der Waals surface area contributed by atoms with Crippen molar-refractivity contribution in [2.75, 3.05) is 13.2 Å². The van der Waals surface area contributed by atoms with Crippen LogP contribution in [0.3, 0.4) is 0 Å². The van der Waals surface area contributed by atoms with Crippen LogP contribution in [-0.4, -0.2) is 105 Å². The number of carbonyl (C=O) groups excluding carboxylic acids is 1. The van der Waals surface area contributed by atoms with Gasteiger partial charge in [0.25, 0.3) is 14.1 Å². The second kappa shape index (κ2) is 30.0. The summed E-state index contributed by atoms with van der Waals surface area (Å²) in [7, 11) is -3.54. The van der Waals surface area contributed by atoms with E-state index in [1.165, 1.54) is 0 Å². The van der Waals surface area contributed by atoms with E-state index in [4.69, 9.17) is 42.3 Å². The van der Waals surface area contributed by atoms with Gasteiger partial charge in [-0.25, -0.2) is 4.79 Å². The Hall–Kier alpha value is -7.55. The maximum Gasteiger partial charge on any atom is 0.367 e. The number of hydrogen-bond donors (Lipinski definition) is 2. The molecule has 0 aliphatic carbocycles. The summed E-state index contributed by atoms with van der Waals surface area (Å²) in [6.45, 7) is 5.49. The minimum atomic E-state index is -3.54. The fourth-order valence-electron chi connectivity index (χ4n) is 10.9. The van der Waals surface area contributed by atoms with Crippen molar-refractivity contribution in [3.8, 4) is 0 Å². The fourth-order valence-corrected chi connectivity index (χ4v) is 15.5. The molecule has 2 fully saturated rings. The molecule has 0 bridgehead atoms. The lowest BCUT2D eigenvalue weighted by Crippen LogP contribution is -2.71. The van der Waals surface area contributed by atoms with Crippen molar-refractivity contribution in [1.82, 2.24) is 0 Å². The van der Waals surface area contributed by atoms with Crippen LogP contribution in [-0.2, 0) is 80.1 Å². The Morgan fingerprint density at radius 2 is 1.06 bits per heavy atom. The Morgan fingerprint density at radius 1 is 0.612 bits per heavy atom. The number of benzene rings is 7. The van der Waals surface area contributed by atoms with E-state index in [2.05, 4.69) is 40.8 Å². The van der Waals surface area contributed by atoms with Gasteiger partial charge in [0.05, 0.1) is 57.9 Å².